The minimum absolute atomic E-state index is 0.0632. The highest BCUT2D eigenvalue weighted by atomic mass is 16.4. The van der Waals surface area contributed by atoms with E-state index in [2.05, 4.69) is 23.7 Å². The summed E-state index contributed by atoms with van der Waals surface area (Å²) in [5.74, 6) is 0.364. The molecule has 0 aliphatic carbocycles. The fourth-order valence-corrected chi connectivity index (χ4v) is 2.66. The fraction of sp³-hybridized carbons (Fsp3) is 0.714. The number of aromatic nitrogens is 1. The topological polar surface area (TPSA) is 66.6 Å². The van der Waals surface area contributed by atoms with Gasteiger partial charge in [0.25, 0.3) is 0 Å². The molecule has 1 saturated heterocycles. The number of carbonyl (C=O) groups is 1. The molecule has 1 aromatic heterocycles. The van der Waals surface area contributed by atoms with Crippen LogP contribution in [0.15, 0.2) is 10.7 Å². The average Bonchev–Trinajstić information content (AvgIpc) is 2.76. The molecule has 0 aromatic carbocycles. The zero-order valence-corrected chi connectivity index (χ0v) is 11.6. The number of aliphatic carboxylic acids is 1. The Kier molecular flexibility index (Phi) is 4.58. The summed E-state index contributed by atoms with van der Waals surface area (Å²) in [4.78, 5) is 17.3. The zero-order chi connectivity index (χ0) is 13.8. The number of carboxylic acid groups (broad SMARTS) is 1. The highest BCUT2D eigenvalue weighted by Crippen LogP contribution is 2.22. The molecule has 0 bridgehead atoms. The molecule has 0 saturated carbocycles. The summed E-state index contributed by atoms with van der Waals surface area (Å²) in [5.41, 5.74) is 0.513. The van der Waals surface area contributed by atoms with E-state index in [0.717, 1.165) is 13.0 Å². The summed E-state index contributed by atoms with van der Waals surface area (Å²) < 4.78 is 5.37. The van der Waals surface area contributed by atoms with Crippen LogP contribution in [-0.4, -0.2) is 40.1 Å². The fourth-order valence-electron chi connectivity index (χ4n) is 2.66. The van der Waals surface area contributed by atoms with Crippen molar-refractivity contribution in [2.45, 2.75) is 45.6 Å². The van der Waals surface area contributed by atoms with Crippen LogP contribution in [-0.2, 0) is 17.6 Å². The number of hydrogen-bond donors (Lipinski definition) is 1. The Balaban J connectivity index is 1.89. The van der Waals surface area contributed by atoms with Crippen LogP contribution in [0.2, 0.25) is 0 Å². The van der Waals surface area contributed by atoms with Gasteiger partial charge in [-0.15, -0.1) is 0 Å². The third-order valence-electron chi connectivity index (χ3n) is 3.68. The molecule has 1 aromatic rings. The first-order valence-corrected chi connectivity index (χ1v) is 6.93. The Morgan fingerprint density at radius 3 is 3.11 bits per heavy atom. The molecule has 1 aliphatic rings. The molecular formula is C14H22N2O3. The zero-order valence-electron chi connectivity index (χ0n) is 11.6. The molecule has 2 rings (SSSR count). The normalized spacial score (nSPS) is 20.9. The number of rotatable bonds is 5. The van der Waals surface area contributed by atoms with Crippen molar-refractivity contribution in [1.29, 1.82) is 0 Å². The highest BCUT2D eigenvalue weighted by Gasteiger charge is 2.23. The van der Waals surface area contributed by atoms with Crippen molar-refractivity contribution in [3.8, 4) is 0 Å². The van der Waals surface area contributed by atoms with E-state index in [1.807, 2.05) is 0 Å². The van der Waals surface area contributed by atoms with Crippen LogP contribution in [0.5, 0.6) is 0 Å². The molecule has 0 radical (unpaired) electrons. The van der Waals surface area contributed by atoms with E-state index in [0.29, 0.717) is 23.5 Å². The predicted octanol–water partition coefficient (Wildman–Crippen LogP) is 1.96. The first-order valence-electron chi connectivity index (χ1n) is 6.93. The van der Waals surface area contributed by atoms with Crippen molar-refractivity contribution >= 4 is 5.97 Å². The van der Waals surface area contributed by atoms with E-state index < -0.39 is 5.97 Å². The van der Waals surface area contributed by atoms with Crippen LogP contribution in [0.4, 0.5) is 0 Å². The average molecular weight is 266 g/mol. The first-order chi connectivity index (χ1) is 9.04. The third-order valence-corrected chi connectivity index (χ3v) is 3.68. The number of carboxylic acids is 1. The van der Waals surface area contributed by atoms with Crippen molar-refractivity contribution in [2.75, 3.05) is 13.1 Å². The van der Waals surface area contributed by atoms with Gasteiger partial charge in [0.1, 0.15) is 6.26 Å². The van der Waals surface area contributed by atoms with Crippen molar-refractivity contribution in [3.05, 3.63) is 17.8 Å². The van der Waals surface area contributed by atoms with E-state index in [-0.39, 0.29) is 6.42 Å². The minimum Gasteiger partial charge on any atom is -0.481 e. The second kappa shape index (κ2) is 6.19. The standard InChI is InChI=1S/C14H22N2O3/c1-10(2)16-5-3-4-11(8-16)6-13-15-12(9-19-13)7-14(17)18/h9-11H,3-8H2,1-2H3,(H,17,18). The van der Waals surface area contributed by atoms with Gasteiger partial charge in [-0.3, -0.25) is 4.79 Å². The Morgan fingerprint density at radius 1 is 1.63 bits per heavy atom. The van der Waals surface area contributed by atoms with Gasteiger partial charge in [-0.25, -0.2) is 4.98 Å². The van der Waals surface area contributed by atoms with Crippen molar-refractivity contribution in [3.63, 3.8) is 0 Å². The lowest BCUT2D eigenvalue weighted by atomic mass is 9.94. The van der Waals surface area contributed by atoms with Crippen molar-refractivity contribution < 1.29 is 14.3 Å². The van der Waals surface area contributed by atoms with Gasteiger partial charge < -0.3 is 14.4 Å². The molecule has 1 N–H and O–H groups in total. The lowest BCUT2D eigenvalue weighted by Gasteiger charge is -2.35. The number of oxazole rings is 1. The van der Waals surface area contributed by atoms with Gasteiger partial charge in [0, 0.05) is 19.0 Å². The summed E-state index contributed by atoms with van der Waals surface area (Å²) >= 11 is 0. The summed E-state index contributed by atoms with van der Waals surface area (Å²) in [6.07, 6.45) is 4.62. The molecule has 0 amide bonds. The molecule has 2 heterocycles. The monoisotopic (exact) mass is 266 g/mol. The van der Waals surface area contributed by atoms with Crippen LogP contribution in [0.1, 0.15) is 38.3 Å². The van der Waals surface area contributed by atoms with Crippen molar-refractivity contribution in [1.82, 2.24) is 9.88 Å². The summed E-state index contributed by atoms with van der Waals surface area (Å²) in [7, 11) is 0. The van der Waals surface area contributed by atoms with Gasteiger partial charge in [-0.1, -0.05) is 0 Å². The number of likely N-dealkylation sites (tertiary alicyclic amines) is 1. The van der Waals surface area contributed by atoms with Gasteiger partial charge in [-0.05, 0) is 39.2 Å². The van der Waals surface area contributed by atoms with E-state index in [1.165, 1.54) is 25.6 Å². The molecule has 5 nitrogen and oxygen atoms in total. The maximum atomic E-state index is 10.6. The summed E-state index contributed by atoms with van der Waals surface area (Å²) in [6.45, 7) is 6.69. The lowest BCUT2D eigenvalue weighted by molar-refractivity contribution is -0.136. The lowest BCUT2D eigenvalue weighted by Crippen LogP contribution is -2.40. The van der Waals surface area contributed by atoms with Crippen LogP contribution in [0.3, 0.4) is 0 Å². The van der Waals surface area contributed by atoms with E-state index >= 15 is 0 Å². The second-order valence-electron chi connectivity index (χ2n) is 5.60. The molecule has 5 heteroatoms. The Labute approximate surface area is 113 Å². The maximum Gasteiger partial charge on any atom is 0.309 e. The van der Waals surface area contributed by atoms with Gasteiger partial charge in [0.2, 0.25) is 0 Å². The molecule has 1 atom stereocenters. The Bertz CT molecular complexity index is 428. The first kappa shape index (κ1) is 14.1. The minimum atomic E-state index is -0.872. The van der Waals surface area contributed by atoms with E-state index in [9.17, 15) is 4.79 Å². The van der Waals surface area contributed by atoms with Crippen molar-refractivity contribution in [2.24, 2.45) is 5.92 Å². The summed E-state index contributed by atoms with van der Waals surface area (Å²) in [6, 6.07) is 0.579. The SMILES string of the molecule is CC(C)N1CCCC(Cc2nc(CC(=O)O)co2)C1. The largest absolute Gasteiger partial charge is 0.481 e. The molecule has 19 heavy (non-hydrogen) atoms. The van der Waals surface area contributed by atoms with E-state index in [4.69, 9.17) is 9.52 Å². The van der Waals surface area contributed by atoms with Gasteiger partial charge in [0.05, 0.1) is 12.1 Å². The predicted molar refractivity (Wildman–Crippen MR) is 71.0 cm³/mol. The molecule has 0 spiro atoms. The van der Waals surface area contributed by atoms with E-state index in [1.54, 1.807) is 0 Å². The number of piperidine rings is 1. The highest BCUT2D eigenvalue weighted by molar-refractivity contribution is 5.69. The molecule has 106 valence electrons. The number of hydrogen-bond acceptors (Lipinski definition) is 4. The smallest absolute Gasteiger partial charge is 0.309 e. The maximum absolute atomic E-state index is 10.6. The summed E-state index contributed by atoms with van der Waals surface area (Å²) in [5, 5.41) is 8.71. The van der Waals surface area contributed by atoms with Gasteiger partial charge >= 0.3 is 5.97 Å². The number of nitrogens with zero attached hydrogens (tertiary/aromatic N) is 2. The molecule has 1 fully saturated rings. The molecular weight excluding hydrogens is 244 g/mol. The van der Waals surface area contributed by atoms with Crippen LogP contribution < -0.4 is 0 Å². The Morgan fingerprint density at radius 2 is 2.42 bits per heavy atom. The molecule has 1 aliphatic heterocycles. The van der Waals surface area contributed by atoms with Gasteiger partial charge in [0.15, 0.2) is 5.89 Å². The van der Waals surface area contributed by atoms with Crippen LogP contribution >= 0.6 is 0 Å². The Hall–Kier alpha value is -1.36. The van der Waals surface area contributed by atoms with Gasteiger partial charge in [-0.2, -0.15) is 0 Å². The quantitative estimate of drug-likeness (QED) is 0.882. The van der Waals surface area contributed by atoms with Crippen LogP contribution in [0, 0.1) is 5.92 Å². The van der Waals surface area contributed by atoms with Crippen LogP contribution in [0.25, 0.3) is 0 Å². The second-order valence-corrected chi connectivity index (χ2v) is 5.60. The third kappa shape index (κ3) is 4.06. The molecule has 1 unspecified atom stereocenters.